The highest BCUT2D eigenvalue weighted by Crippen LogP contribution is 2.43. The van der Waals surface area contributed by atoms with E-state index in [1.807, 2.05) is 42.7 Å². The van der Waals surface area contributed by atoms with Crippen molar-refractivity contribution in [3.63, 3.8) is 0 Å². The highest BCUT2D eigenvalue weighted by molar-refractivity contribution is 7.18. The molecular weight excluding hydrogens is 647 g/mol. The molecule has 3 aromatic heterocycles. The lowest BCUT2D eigenvalue weighted by Crippen LogP contribution is -2.50. The fourth-order valence-corrected chi connectivity index (χ4v) is 6.97. The van der Waals surface area contributed by atoms with Crippen LogP contribution >= 0.6 is 11.3 Å². The number of hydrogen-bond donors (Lipinski definition) is 1. The molecule has 1 N–H and O–H groups in total. The quantitative estimate of drug-likeness (QED) is 0.147. The van der Waals surface area contributed by atoms with Crippen LogP contribution in [0.25, 0.3) is 27.2 Å². The second kappa shape index (κ2) is 13.2. The normalized spacial score (nSPS) is 21.9. The van der Waals surface area contributed by atoms with Gasteiger partial charge < -0.3 is 19.3 Å². The summed E-state index contributed by atoms with van der Waals surface area (Å²) in [5, 5.41) is 28.9. The smallest absolute Gasteiger partial charge is 0.194 e. The van der Waals surface area contributed by atoms with Crippen molar-refractivity contribution in [2.75, 3.05) is 13.7 Å². The first-order valence-corrected chi connectivity index (χ1v) is 15.9. The van der Waals surface area contributed by atoms with Gasteiger partial charge in [0.15, 0.2) is 29.6 Å². The van der Waals surface area contributed by atoms with Gasteiger partial charge in [-0.3, -0.25) is 4.57 Å². The van der Waals surface area contributed by atoms with Crippen LogP contribution in [0.3, 0.4) is 0 Å². The van der Waals surface area contributed by atoms with Gasteiger partial charge in [0.1, 0.15) is 24.2 Å². The molecular formula is C33H30F3N7O4S. The topological polar surface area (TPSA) is 122 Å². The molecule has 48 heavy (non-hydrogen) atoms. The molecule has 11 nitrogen and oxygen atoms in total. The third-order valence-electron chi connectivity index (χ3n) is 8.54. The number of nitrogens with zero attached hydrogens (tertiary/aromatic N) is 7. The number of benzene rings is 3. The largest absolute Gasteiger partial charge is 0.376 e. The van der Waals surface area contributed by atoms with Crippen molar-refractivity contribution in [1.82, 2.24) is 34.7 Å². The summed E-state index contributed by atoms with van der Waals surface area (Å²) in [6, 6.07) is 15.9. The van der Waals surface area contributed by atoms with E-state index in [0.29, 0.717) is 11.4 Å². The Labute approximate surface area is 276 Å². The molecule has 1 aliphatic heterocycles. The van der Waals surface area contributed by atoms with Crippen molar-refractivity contribution in [2.24, 2.45) is 5.92 Å². The summed E-state index contributed by atoms with van der Waals surface area (Å²) >= 11 is 1.57. The predicted octanol–water partition coefficient (Wildman–Crippen LogP) is 5.90. The Kier molecular flexibility index (Phi) is 8.78. The van der Waals surface area contributed by atoms with Crippen LogP contribution in [0, 0.1) is 30.3 Å². The molecule has 0 unspecified atom stereocenters. The van der Waals surface area contributed by atoms with Crippen LogP contribution < -0.4 is 0 Å². The summed E-state index contributed by atoms with van der Waals surface area (Å²) in [4.78, 5) is 4.55. The molecule has 0 aliphatic carbocycles. The van der Waals surface area contributed by atoms with Gasteiger partial charge in [0.05, 0.1) is 40.2 Å². The summed E-state index contributed by atoms with van der Waals surface area (Å²) in [6.07, 6.45) is -0.280. The molecule has 1 fully saturated rings. The van der Waals surface area contributed by atoms with E-state index in [4.69, 9.17) is 14.2 Å². The van der Waals surface area contributed by atoms with Crippen molar-refractivity contribution in [3.05, 3.63) is 107 Å². The lowest BCUT2D eigenvalue weighted by atomic mass is 9.85. The molecule has 1 saturated heterocycles. The number of ether oxygens (including phenoxy) is 3. The number of methoxy groups -OCH3 is 1. The summed E-state index contributed by atoms with van der Waals surface area (Å²) in [6.45, 7) is 3.85. The highest BCUT2D eigenvalue weighted by atomic mass is 32.1. The van der Waals surface area contributed by atoms with Crippen molar-refractivity contribution >= 4 is 21.6 Å². The molecule has 0 saturated carbocycles. The van der Waals surface area contributed by atoms with Crippen LogP contribution in [-0.2, 0) is 14.2 Å². The van der Waals surface area contributed by atoms with Gasteiger partial charge in [-0.1, -0.05) is 42.5 Å². The zero-order valence-corrected chi connectivity index (χ0v) is 26.8. The number of thiazole rings is 1. The number of aliphatic hydroxyl groups excluding tert-OH is 1. The number of aryl methyl sites for hydroxylation is 1. The van der Waals surface area contributed by atoms with Crippen LogP contribution in [0.5, 0.6) is 0 Å². The molecule has 3 aromatic carbocycles. The SMILES string of the molecule is CO[C@@H]1[C@@H](n2cc(-c3cc(F)c(F)c(F)c3)nn2)[C@@H](C)[C@@H](CO[C@@H](O)c2ccccc2)O[C@H]1c1nncn1-c1ccc2nc(C)sc2c1. The van der Waals surface area contributed by atoms with E-state index in [2.05, 4.69) is 25.5 Å². The average Bonchev–Trinajstić information content (AvgIpc) is 3.85. The van der Waals surface area contributed by atoms with Gasteiger partial charge in [-0.05, 0) is 37.3 Å². The number of aromatic nitrogens is 7. The van der Waals surface area contributed by atoms with E-state index in [-0.39, 0.29) is 23.8 Å². The molecule has 7 rings (SSSR count). The minimum atomic E-state index is -1.57. The maximum atomic E-state index is 14.1. The maximum Gasteiger partial charge on any atom is 0.194 e. The highest BCUT2D eigenvalue weighted by Gasteiger charge is 2.48. The Hall–Kier alpha value is -4.54. The second-order valence-electron chi connectivity index (χ2n) is 11.5. The summed E-state index contributed by atoms with van der Waals surface area (Å²) in [7, 11) is 1.53. The third-order valence-corrected chi connectivity index (χ3v) is 9.47. The second-order valence-corrected chi connectivity index (χ2v) is 12.8. The average molecular weight is 678 g/mol. The molecule has 0 amide bonds. The van der Waals surface area contributed by atoms with Gasteiger partial charge in [0.25, 0.3) is 0 Å². The standard InChI is InChI=1S/C33H30F3N7O4S/c1-17-26(15-46-33(44)19-7-5-4-6-8-19)47-31(32-40-37-16-42(32)21-9-10-24-27(13-21)48-18(2)38-24)30(45-3)29(17)43-14-25(39-41-43)20-11-22(34)28(36)23(35)12-20/h4-14,16-17,26,29-31,33,44H,15H2,1-3H3/t17-,26+,29-,30+,31+,33+/m0/s1. The molecule has 4 heterocycles. The van der Waals surface area contributed by atoms with E-state index in [9.17, 15) is 18.3 Å². The summed E-state index contributed by atoms with van der Waals surface area (Å²) in [5.74, 6) is -4.17. The Balaban J connectivity index is 1.26. The first kappa shape index (κ1) is 32.0. The summed E-state index contributed by atoms with van der Waals surface area (Å²) < 4.78 is 64.9. The Bertz CT molecular complexity index is 2030. The van der Waals surface area contributed by atoms with Gasteiger partial charge >= 0.3 is 0 Å². The van der Waals surface area contributed by atoms with Crippen molar-refractivity contribution in [1.29, 1.82) is 0 Å². The van der Waals surface area contributed by atoms with E-state index in [0.717, 1.165) is 33.0 Å². The molecule has 248 valence electrons. The van der Waals surface area contributed by atoms with Gasteiger partial charge in [-0.15, -0.1) is 26.6 Å². The molecule has 0 radical (unpaired) electrons. The van der Waals surface area contributed by atoms with Gasteiger partial charge in [0.2, 0.25) is 0 Å². The number of fused-ring (bicyclic) bond motifs is 1. The monoisotopic (exact) mass is 677 g/mol. The first-order valence-electron chi connectivity index (χ1n) is 15.1. The van der Waals surface area contributed by atoms with E-state index < -0.39 is 48.1 Å². The first-order chi connectivity index (χ1) is 23.2. The van der Waals surface area contributed by atoms with Crippen molar-refractivity contribution in [3.8, 4) is 16.9 Å². The Morgan fingerprint density at radius 3 is 2.56 bits per heavy atom. The van der Waals surface area contributed by atoms with E-state index in [1.54, 1.807) is 41.9 Å². The number of hydrogen-bond acceptors (Lipinski definition) is 10. The lowest BCUT2D eigenvalue weighted by molar-refractivity contribution is -0.217. The van der Waals surface area contributed by atoms with Crippen LogP contribution in [-0.4, -0.2) is 65.8 Å². The maximum absolute atomic E-state index is 14.1. The van der Waals surface area contributed by atoms with Gasteiger partial charge in [-0.2, -0.15) is 0 Å². The number of rotatable bonds is 9. The van der Waals surface area contributed by atoms with Crippen LogP contribution in [0.1, 0.15) is 41.8 Å². The van der Waals surface area contributed by atoms with Crippen molar-refractivity contribution < 1.29 is 32.5 Å². The third kappa shape index (κ3) is 5.99. The number of aliphatic hydroxyl groups is 1. The molecule has 1 aliphatic rings. The lowest BCUT2D eigenvalue weighted by Gasteiger charge is -2.44. The Morgan fingerprint density at radius 1 is 1.04 bits per heavy atom. The van der Waals surface area contributed by atoms with Crippen molar-refractivity contribution in [2.45, 2.75) is 44.5 Å². The molecule has 0 spiro atoms. The fraction of sp³-hybridized carbons (Fsp3) is 0.303. The van der Waals surface area contributed by atoms with Crippen LogP contribution in [0.2, 0.25) is 0 Å². The zero-order valence-electron chi connectivity index (χ0n) is 25.9. The fourth-order valence-electron chi connectivity index (χ4n) is 6.11. The number of halogens is 3. The molecule has 6 aromatic rings. The van der Waals surface area contributed by atoms with Crippen LogP contribution in [0.15, 0.2) is 73.2 Å². The van der Waals surface area contributed by atoms with E-state index in [1.165, 1.54) is 18.0 Å². The van der Waals surface area contributed by atoms with Gasteiger partial charge in [-0.25, -0.2) is 22.8 Å². The minimum Gasteiger partial charge on any atom is -0.376 e. The Morgan fingerprint density at radius 2 is 1.81 bits per heavy atom. The minimum absolute atomic E-state index is 0.0159. The molecule has 6 atom stereocenters. The van der Waals surface area contributed by atoms with Crippen LogP contribution in [0.4, 0.5) is 13.2 Å². The van der Waals surface area contributed by atoms with Gasteiger partial charge in [0, 0.05) is 29.8 Å². The molecule has 0 bridgehead atoms. The zero-order chi connectivity index (χ0) is 33.5. The summed E-state index contributed by atoms with van der Waals surface area (Å²) in [5.41, 5.74) is 2.39. The predicted molar refractivity (Wildman–Crippen MR) is 169 cm³/mol. The van der Waals surface area contributed by atoms with E-state index >= 15 is 0 Å². The molecule has 15 heteroatoms.